The summed E-state index contributed by atoms with van der Waals surface area (Å²) < 4.78 is 31.4. The van der Waals surface area contributed by atoms with Crippen LogP contribution < -0.4 is 5.32 Å². The molecule has 0 saturated carbocycles. The molecular weight excluding hydrogens is 338 g/mol. The van der Waals surface area contributed by atoms with E-state index < -0.39 is 15.3 Å². The van der Waals surface area contributed by atoms with E-state index in [1.54, 1.807) is 18.3 Å². The lowest BCUT2D eigenvalue weighted by Gasteiger charge is -2.27. The van der Waals surface area contributed by atoms with Crippen molar-refractivity contribution in [3.05, 3.63) is 46.7 Å². The normalized spacial score (nSPS) is 27.3. The first-order chi connectivity index (χ1) is 11.0. The summed E-state index contributed by atoms with van der Waals surface area (Å²) in [5.74, 6) is 0. The third-order valence-electron chi connectivity index (χ3n) is 4.43. The first kappa shape index (κ1) is 15.1. The van der Waals surface area contributed by atoms with Crippen molar-refractivity contribution in [2.75, 3.05) is 6.61 Å². The highest BCUT2D eigenvalue weighted by Gasteiger charge is 2.38. The van der Waals surface area contributed by atoms with E-state index in [0.29, 0.717) is 18.1 Å². The van der Waals surface area contributed by atoms with Crippen molar-refractivity contribution >= 4 is 21.4 Å². The van der Waals surface area contributed by atoms with Gasteiger partial charge in [0.15, 0.2) is 5.44 Å². The molecule has 3 unspecified atom stereocenters. The molecule has 0 radical (unpaired) electrons. The Morgan fingerprint density at radius 2 is 2.04 bits per heavy atom. The molecule has 8 heteroatoms. The number of aromatic amines is 1. The molecular formula is C15H16ClN3O3S. The Labute approximate surface area is 139 Å². The number of ether oxygens (including phenoxy) is 1. The molecule has 2 bridgehead atoms. The molecule has 2 aliphatic heterocycles. The SMILES string of the molecule is O=S(=O)(c1ccc(Cl)cc1)C1CC2Cc3[nH]ncc3C(CO1)N2. The number of halogens is 1. The Hall–Kier alpha value is -1.41. The van der Waals surface area contributed by atoms with E-state index in [4.69, 9.17) is 16.3 Å². The number of sulfone groups is 1. The lowest BCUT2D eigenvalue weighted by Crippen LogP contribution is -2.40. The minimum atomic E-state index is -3.56. The van der Waals surface area contributed by atoms with Gasteiger partial charge in [-0.1, -0.05) is 11.6 Å². The van der Waals surface area contributed by atoms with Crippen LogP contribution in [-0.4, -0.2) is 36.7 Å². The van der Waals surface area contributed by atoms with E-state index in [0.717, 1.165) is 17.7 Å². The van der Waals surface area contributed by atoms with Gasteiger partial charge >= 0.3 is 0 Å². The minimum absolute atomic E-state index is 0.0204. The molecule has 2 aliphatic rings. The molecule has 1 aromatic heterocycles. The number of nitrogens with zero attached hydrogens (tertiary/aromatic N) is 1. The highest BCUT2D eigenvalue weighted by atomic mass is 35.5. The maximum Gasteiger partial charge on any atom is 0.205 e. The van der Waals surface area contributed by atoms with Crippen LogP contribution in [0, 0.1) is 0 Å². The van der Waals surface area contributed by atoms with Gasteiger partial charge in [-0.2, -0.15) is 5.10 Å². The number of benzene rings is 1. The molecule has 4 rings (SSSR count). The number of fused-ring (bicyclic) bond motifs is 4. The Morgan fingerprint density at radius 1 is 1.26 bits per heavy atom. The summed E-state index contributed by atoms with van der Waals surface area (Å²) in [6.45, 7) is 0.306. The van der Waals surface area contributed by atoms with Gasteiger partial charge in [0.05, 0.1) is 23.7 Å². The standard InChI is InChI=1S/C15H16ClN3O3S/c16-9-1-3-11(4-2-9)23(20,21)15-6-10-5-13-12(7-17-19-13)14(18-10)8-22-15/h1-4,7,10,14-15,18H,5-6,8H2,(H,17,19). The molecule has 1 aromatic carbocycles. The van der Waals surface area contributed by atoms with Crippen molar-refractivity contribution in [1.82, 2.24) is 15.5 Å². The predicted molar refractivity (Wildman–Crippen MR) is 85.0 cm³/mol. The van der Waals surface area contributed by atoms with E-state index in [1.807, 2.05) is 0 Å². The number of H-pyrrole nitrogens is 1. The second-order valence-electron chi connectivity index (χ2n) is 5.92. The lowest BCUT2D eigenvalue weighted by atomic mass is 9.96. The molecule has 2 aromatic rings. The largest absolute Gasteiger partial charge is 0.360 e. The van der Waals surface area contributed by atoms with E-state index in [9.17, 15) is 8.42 Å². The van der Waals surface area contributed by atoms with Crippen LogP contribution in [0.15, 0.2) is 35.4 Å². The van der Waals surface area contributed by atoms with Crippen LogP contribution in [0.1, 0.15) is 23.7 Å². The molecule has 23 heavy (non-hydrogen) atoms. The smallest absolute Gasteiger partial charge is 0.205 e. The number of aromatic nitrogens is 2. The van der Waals surface area contributed by atoms with E-state index in [1.165, 1.54) is 12.1 Å². The van der Waals surface area contributed by atoms with Crippen molar-refractivity contribution in [2.24, 2.45) is 0 Å². The number of rotatable bonds is 2. The van der Waals surface area contributed by atoms with Crippen molar-refractivity contribution in [3.63, 3.8) is 0 Å². The first-order valence-electron chi connectivity index (χ1n) is 7.43. The second-order valence-corrected chi connectivity index (χ2v) is 8.45. The summed E-state index contributed by atoms with van der Waals surface area (Å²) in [5, 5.41) is 11.0. The monoisotopic (exact) mass is 353 g/mol. The van der Waals surface area contributed by atoms with Crippen LogP contribution in [-0.2, 0) is 21.0 Å². The average Bonchev–Trinajstić information content (AvgIpc) is 2.92. The van der Waals surface area contributed by atoms with Gasteiger partial charge in [-0.05, 0) is 24.3 Å². The molecule has 2 N–H and O–H groups in total. The fourth-order valence-electron chi connectivity index (χ4n) is 3.25. The topological polar surface area (TPSA) is 84.1 Å². The highest BCUT2D eigenvalue weighted by molar-refractivity contribution is 7.91. The molecule has 1 saturated heterocycles. The van der Waals surface area contributed by atoms with Crippen molar-refractivity contribution in [1.29, 1.82) is 0 Å². The zero-order chi connectivity index (χ0) is 16.0. The first-order valence-corrected chi connectivity index (χ1v) is 9.36. The highest BCUT2D eigenvalue weighted by Crippen LogP contribution is 2.32. The molecule has 6 nitrogen and oxygen atoms in total. The van der Waals surface area contributed by atoms with Gasteiger partial charge in [-0.25, -0.2) is 8.42 Å². The fraction of sp³-hybridized carbons (Fsp3) is 0.400. The second kappa shape index (κ2) is 5.59. The quantitative estimate of drug-likeness (QED) is 0.860. The van der Waals surface area contributed by atoms with Crippen LogP contribution in [0.3, 0.4) is 0 Å². The summed E-state index contributed by atoms with van der Waals surface area (Å²) >= 11 is 5.84. The summed E-state index contributed by atoms with van der Waals surface area (Å²) in [6, 6.07) is 6.24. The Morgan fingerprint density at radius 3 is 2.83 bits per heavy atom. The van der Waals surface area contributed by atoms with Gasteiger partial charge in [0.25, 0.3) is 0 Å². The molecule has 0 spiro atoms. The minimum Gasteiger partial charge on any atom is -0.360 e. The molecule has 3 atom stereocenters. The van der Waals surface area contributed by atoms with Crippen molar-refractivity contribution < 1.29 is 13.2 Å². The predicted octanol–water partition coefficient (Wildman–Crippen LogP) is 1.84. The van der Waals surface area contributed by atoms with E-state index in [-0.39, 0.29) is 17.0 Å². The Bertz CT molecular complexity index is 819. The fourth-order valence-corrected chi connectivity index (χ4v) is 4.94. The summed E-state index contributed by atoms with van der Waals surface area (Å²) in [7, 11) is -3.56. The lowest BCUT2D eigenvalue weighted by molar-refractivity contribution is 0.101. The van der Waals surface area contributed by atoms with Crippen molar-refractivity contribution in [3.8, 4) is 0 Å². The van der Waals surface area contributed by atoms with Gasteiger partial charge in [0, 0.05) is 35.2 Å². The third-order valence-corrected chi connectivity index (χ3v) is 6.63. The van der Waals surface area contributed by atoms with Gasteiger partial charge in [0.2, 0.25) is 9.84 Å². The zero-order valence-corrected chi connectivity index (χ0v) is 13.8. The molecule has 0 amide bonds. The summed E-state index contributed by atoms with van der Waals surface area (Å²) in [4.78, 5) is 0.239. The summed E-state index contributed by atoms with van der Waals surface area (Å²) in [5.41, 5.74) is 1.26. The van der Waals surface area contributed by atoms with E-state index >= 15 is 0 Å². The van der Waals surface area contributed by atoms with Gasteiger partial charge < -0.3 is 10.1 Å². The average molecular weight is 354 g/mol. The van der Waals surface area contributed by atoms with Gasteiger partial charge in [0.1, 0.15) is 0 Å². The van der Waals surface area contributed by atoms with Crippen LogP contribution in [0.25, 0.3) is 0 Å². The number of hydrogen-bond donors (Lipinski definition) is 2. The molecule has 0 aliphatic carbocycles. The Balaban J connectivity index is 1.62. The number of hydrogen-bond acceptors (Lipinski definition) is 5. The van der Waals surface area contributed by atoms with Crippen LogP contribution in [0.4, 0.5) is 0 Å². The molecule has 122 valence electrons. The third kappa shape index (κ3) is 2.67. The maximum atomic E-state index is 12.8. The van der Waals surface area contributed by atoms with Crippen LogP contribution >= 0.6 is 11.6 Å². The summed E-state index contributed by atoms with van der Waals surface area (Å²) in [6.07, 6.45) is 2.91. The van der Waals surface area contributed by atoms with Gasteiger partial charge in [-0.15, -0.1) is 0 Å². The zero-order valence-electron chi connectivity index (χ0n) is 12.2. The number of nitrogens with one attached hydrogen (secondary N) is 2. The Kier molecular flexibility index (Phi) is 3.68. The molecule has 3 heterocycles. The van der Waals surface area contributed by atoms with Crippen molar-refractivity contribution in [2.45, 2.75) is 35.3 Å². The van der Waals surface area contributed by atoms with E-state index in [2.05, 4.69) is 15.5 Å². The van der Waals surface area contributed by atoms with Crippen LogP contribution in [0.2, 0.25) is 5.02 Å². The van der Waals surface area contributed by atoms with Gasteiger partial charge in [-0.3, -0.25) is 5.10 Å². The maximum absolute atomic E-state index is 12.8. The molecule has 1 fully saturated rings. The van der Waals surface area contributed by atoms with Crippen LogP contribution in [0.5, 0.6) is 0 Å².